The number of carbonyl (C=O) groups excluding carboxylic acids is 1. The predicted molar refractivity (Wildman–Crippen MR) is 66.2 cm³/mol. The molecule has 5 heteroatoms. The van der Waals surface area contributed by atoms with E-state index >= 15 is 0 Å². The molecule has 2 rings (SSSR count). The second kappa shape index (κ2) is 4.94. The van der Waals surface area contributed by atoms with Crippen LogP contribution >= 0.6 is 11.6 Å². The second-order valence-corrected chi connectivity index (χ2v) is 4.73. The molecule has 1 amide bonds. The predicted octanol–water partition coefficient (Wildman–Crippen LogP) is 1.55. The van der Waals surface area contributed by atoms with Crippen LogP contribution in [0, 0.1) is 5.92 Å². The average molecular weight is 255 g/mol. The lowest BCUT2D eigenvalue weighted by atomic mass is 9.82. The van der Waals surface area contributed by atoms with Gasteiger partial charge in [0, 0.05) is 0 Å². The molecular weight excluding hydrogens is 240 g/mol. The zero-order valence-electron chi connectivity index (χ0n) is 9.36. The van der Waals surface area contributed by atoms with Gasteiger partial charge in [0.25, 0.3) is 0 Å². The summed E-state index contributed by atoms with van der Waals surface area (Å²) < 4.78 is 5.71. The van der Waals surface area contributed by atoms with Gasteiger partial charge in [-0.3, -0.25) is 4.79 Å². The highest BCUT2D eigenvalue weighted by atomic mass is 35.5. The van der Waals surface area contributed by atoms with Crippen molar-refractivity contribution in [1.82, 2.24) is 0 Å². The molecule has 0 heterocycles. The van der Waals surface area contributed by atoms with Crippen molar-refractivity contribution in [1.29, 1.82) is 0 Å². The lowest BCUT2D eigenvalue weighted by molar-refractivity contribution is 0.0690. The molecule has 1 aromatic carbocycles. The van der Waals surface area contributed by atoms with Crippen molar-refractivity contribution >= 4 is 17.5 Å². The van der Waals surface area contributed by atoms with E-state index in [9.17, 15) is 4.79 Å². The van der Waals surface area contributed by atoms with Crippen molar-refractivity contribution in [3.63, 3.8) is 0 Å². The normalized spacial score (nSPS) is 22.9. The quantitative estimate of drug-likeness (QED) is 0.856. The fraction of sp³-hybridized carbons (Fsp3) is 0.417. The summed E-state index contributed by atoms with van der Waals surface area (Å²) in [5.74, 6) is 0.703. The molecule has 4 N–H and O–H groups in total. The van der Waals surface area contributed by atoms with Crippen LogP contribution in [0.2, 0.25) is 5.02 Å². The van der Waals surface area contributed by atoms with E-state index < -0.39 is 5.91 Å². The van der Waals surface area contributed by atoms with Crippen molar-refractivity contribution in [3.05, 3.63) is 28.8 Å². The zero-order chi connectivity index (χ0) is 12.4. The summed E-state index contributed by atoms with van der Waals surface area (Å²) in [6, 6.07) is 4.91. The number of halogens is 1. The van der Waals surface area contributed by atoms with Gasteiger partial charge >= 0.3 is 0 Å². The largest absolute Gasteiger partial charge is 0.490 e. The number of primary amides is 1. The van der Waals surface area contributed by atoms with Crippen LogP contribution in [0.5, 0.6) is 5.75 Å². The molecule has 0 bridgehead atoms. The van der Waals surface area contributed by atoms with Gasteiger partial charge in [-0.2, -0.15) is 0 Å². The van der Waals surface area contributed by atoms with Gasteiger partial charge in [0.05, 0.1) is 16.7 Å². The molecule has 1 aliphatic rings. The van der Waals surface area contributed by atoms with E-state index in [1.54, 1.807) is 18.2 Å². The van der Waals surface area contributed by atoms with Crippen molar-refractivity contribution in [2.75, 3.05) is 6.54 Å². The maximum absolute atomic E-state index is 11.0. The van der Waals surface area contributed by atoms with Crippen molar-refractivity contribution < 1.29 is 9.53 Å². The first-order chi connectivity index (χ1) is 8.10. The molecule has 17 heavy (non-hydrogen) atoms. The van der Waals surface area contributed by atoms with Crippen LogP contribution in [0.25, 0.3) is 0 Å². The molecule has 1 fully saturated rings. The summed E-state index contributed by atoms with van der Waals surface area (Å²) >= 11 is 5.92. The number of rotatable bonds is 4. The first kappa shape index (κ1) is 12.2. The Bertz CT molecular complexity index is 431. The molecule has 0 atom stereocenters. The molecule has 0 unspecified atom stereocenters. The summed E-state index contributed by atoms with van der Waals surface area (Å²) in [4.78, 5) is 11.0. The van der Waals surface area contributed by atoms with E-state index in [-0.39, 0.29) is 6.10 Å². The Balaban J connectivity index is 1.99. The van der Waals surface area contributed by atoms with Crippen LogP contribution in [0.4, 0.5) is 0 Å². The third-order valence-electron chi connectivity index (χ3n) is 3.03. The summed E-state index contributed by atoms with van der Waals surface area (Å²) in [7, 11) is 0. The van der Waals surface area contributed by atoms with Gasteiger partial charge in [0.1, 0.15) is 5.75 Å². The maximum atomic E-state index is 11.0. The van der Waals surface area contributed by atoms with Crippen molar-refractivity contribution in [2.24, 2.45) is 17.4 Å². The molecule has 0 saturated heterocycles. The lowest BCUT2D eigenvalue weighted by Crippen LogP contribution is -2.37. The van der Waals surface area contributed by atoms with Crippen LogP contribution < -0.4 is 16.2 Å². The molecule has 1 saturated carbocycles. The van der Waals surface area contributed by atoms with E-state index in [1.165, 1.54) is 0 Å². The molecule has 92 valence electrons. The van der Waals surface area contributed by atoms with Gasteiger partial charge in [-0.15, -0.1) is 0 Å². The van der Waals surface area contributed by atoms with Crippen LogP contribution in [0.3, 0.4) is 0 Å². The SMILES string of the molecule is NCC1CC(Oc2ccc(C(N)=O)c(Cl)c2)C1. The molecule has 1 aromatic rings. The van der Waals surface area contributed by atoms with E-state index in [1.807, 2.05) is 0 Å². The number of benzene rings is 1. The third-order valence-corrected chi connectivity index (χ3v) is 3.35. The highest BCUT2D eigenvalue weighted by Crippen LogP contribution is 2.31. The van der Waals surface area contributed by atoms with E-state index in [4.69, 9.17) is 27.8 Å². The minimum atomic E-state index is -0.534. The van der Waals surface area contributed by atoms with Gasteiger partial charge in [-0.25, -0.2) is 0 Å². The zero-order valence-corrected chi connectivity index (χ0v) is 10.1. The fourth-order valence-corrected chi connectivity index (χ4v) is 2.19. The summed E-state index contributed by atoms with van der Waals surface area (Å²) in [5, 5.41) is 0.324. The highest BCUT2D eigenvalue weighted by Gasteiger charge is 2.29. The Hall–Kier alpha value is -1.26. The molecule has 0 aliphatic heterocycles. The smallest absolute Gasteiger partial charge is 0.250 e. The standard InChI is InChI=1S/C12H15ClN2O2/c13-11-5-8(1-2-10(11)12(15)16)17-9-3-7(4-9)6-14/h1-2,5,7,9H,3-4,6,14H2,(H2,15,16). The molecule has 1 aliphatic carbocycles. The number of hydrogen-bond donors (Lipinski definition) is 2. The number of hydrogen-bond acceptors (Lipinski definition) is 3. The Morgan fingerprint density at radius 2 is 2.18 bits per heavy atom. The highest BCUT2D eigenvalue weighted by molar-refractivity contribution is 6.33. The van der Waals surface area contributed by atoms with E-state index in [0.29, 0.717) is 28.8 Å². The molecule has 0 spiro atoms. The Morgan fingerprint density at radius 3 is 2.71 bits per heavy atom. The van der Waals surface area contributed by atoms with Gasteiger partial charge < -0.3 is 16.2 Å². The summed E-state index contributed by atoms with van der Waals surface area (Å²) in [6.45, 7) is 0.710. The third kappa shape index (κ3) is 2.70. The molecule has 0 aromatic heterocycles. The van der Waals surface area contributed by atoms with Crippen molar-refractivity contribution in [2.45, 2.75) is 18.9 Å². The Labute approximate surface area is 105 Å². The number of amides is 1. The lowest BCUT2D eigenvalue weighted by Gasteiger charge is -2.34. The topological polar surface area (TPSA) is 78.3 Å². The van der Waals surface area contributed by atoms with Crippen molar-refractivity contribution in [3.8, 4) is 5.75 Å². The first-order valence-electron chi connectivity index (χ1n) is 5.56. The summed E-state index contributed by atoms with van der Waals surface area (Å²) in [6.07, 6.45) is 2.16. The van der Waals surface area contributed by atoms with E-state index in [0.717, 1.165) is 12.8 Å². The van der Waals surface area contributed by atoms with E-state index in [2.05, 4.69) is 0 Å². The van der Waals surface area contributed by atoms with Gasteiger partial charge in [0.15, 0.2) is 0 Å². The minimum absolute atomic E-state index is 0.207. The number of ether oxygens (including phenoxy) is 1. The fourth-order valence-electron chi connectivity index (χ4n) is 1.92. The molecule has 0 radical (unpaired) electrons. The number of carbonyl (C=O) groups is 1. The Kier molecular flexibility index (Phi) is 3.54. The molecule has 4 nitrogen and oxygen atoms in total. The first-order valence-corrected chi connectivity index (χ1v) is 5.94. The maximum Gasteiger partial charge on any atom is 0.250 e. The van der Waals surface area contributed by atoms with Gasteiger partial charge in [-0.05, 0) is 43.5 Å². The van der Waals surface area contributed by atoms with Gasteiger partial charge in [-0.1, -0.05) is 11.6 Å². The second-order valence-electron chi connectivity index (χ2n) is 4.32. The van der Waals surface area contributed by atoms with Crippen LogP contribution in [0.1, 0.15) is 23.2 Å². The summed E-state index contributed by atoms with van der Waals surface area (Å²) in [5.41, 5.74) is 11.0. The number of nitrogens with two attached hydrogens (primary N) is 2. The van der Waals surface area contributed by atoms with Crippen LogP contribution in [-0.2, 0) is 0 Å². The monoisotopic (exact) mass is 254 g/mol. The molecular formula is C12H15ClN2O2. The minimum Gasteiger partial charge on any atom is -0.490 e. The van der Waals surface area contributed by atoms with Crippen LogP contribution in [-0.4, -0.2) is 18.6 Å². The average Bonchev–Trinajstić information content (AvgIpc) is 2.22. The van der Waals surface area contributed by atoms with Crippen LogP contribution in [0.15, 0.2) is 18.2 Å². The Morgan fingerprint density at radius 1 is 1.47 bits per heavy atom. The van der Waals surface area contributed by atoms with Gasteiger partial charge in [0.2, 0.25) is 5.91 Å².